The number of hydrogen-bond acceptors (Lipinski definition) is 4. The minimum atomic E-state index is 0.619. The number of aromatic nitrogens is 3. The Kier molecular flexibility index (Phi) is 7.83. The van der Waals surface area contributed by atoms with Gasteiger partial charge in [0, 0.05) is 54.6 Å². The monoisotopic (exact) mass is 843 g/mol. The molecule has 5 heteroatoms. The quantitative estimate of drug-likeness (QED) is 0.173. The van der Waals surface area contributed by atoms with E-state index in [0.717, 1.165) is 105 Å². The molecule has 308 valence electrons. The van der Waals surface area contributed by atoms with E-state index < -0.39 is 0 Å². The van der Waals surface area contributed by atoms with Crippen molar-refractivity contribution in [3.05, 3.63) is 212 Å². The van der Waals surface area contributed by atoms with Gasteiger partial charge in [0.1, 0.15) is 22.3 Å². The largest absolute Gasteiger partial charge is 0.456 e. The van der Waals surface area contributed by atoms with Crippen molar-refractivity contribution in [3.8, 4) is 50.7 Å². The molecule has 0 spiro atoms. The van der Waals surface area contributed by atoms with Gasteiger partial charge in [-0.1, -0.05) is 158 Å². The van der Waals surface area contributed by atoms with Crippen LogP contribution < -0.4 is 0 Å². The number of rotatable bonds is 5. The molecule has 0 saturated heterocycles. The second kappa shape index (κ2) is 14.1. The van der Waals surface area contributed by atoms with E-state index in [0.29, 0.717) is 5.82 Å². The maximum absolute atomic E-state index is 6.73. The van der Waals surface area contributed by atoms with Crippen molar-refractivity contribution in [2.45, 2.75) is 6.92 Å². The van der Waals surface area contributed by atoms with Gasteiger partial charge < -0.3 is 13.4 Å². The van der Waals surface area contributed by atoms with Crippen LogP contribution in [0.25, 0.3) is 138 Å². The van der Waals surface area contributed by atoms with Crippen LogP contribution >= 0.6 is 0 Å². The third-order valence-electron chi connectivity index (χ3n) is 13.6. The Morgan fingerprint density at radius 3 is 1.85 bits per heavy atom. The molecule has 0 aliphatic rings. The van der Waals surface area contributed by atoms with E-state index in [-0.39, 0.29) is 0 Å². The van der Waals surface area contributed by atoms with Gasteiger partial charge in [-0.05, 0) is 88.1 Å². The second-order valence-electron chi connectivity index (χ2n) is 17.3. The predicted molar refractivity (Wildman–Crippen MR) is 272 cm³/mol. The fraction of sp³-hybridized carbons (Fsp3) is 0.0164. The van der Waals surface area contributed by atoms with E-state index >= 15 is 0 Å². The molecule has 4 aromatic heterocycles. The Balaban J connectivity index is 1.13. The molecule has 0 unspecified atom stereocenters. The summed E-state index contributed by atoms with van der Waals surface area (Å²) in [6, 6.07) is 73.0. The molecule has 14 aromatic rings. The first-order valence-corrected chi connectivity index (χ1v) is 22.4. The molecule has 0 atom stereocenters. The summed E-state index contributed by atoms with van der Waals surface area (Å²) < 4.78 is 15.9. The summed E-state index contributed by atoms with van der Waals surface area (Å²) in [4.78, 5) is 11.2. The maximum Gasteiger partial charge on any atom is 0.160 e. The lowest BCUT2D eigenvalue weighted by Crippen LogP contribution is -2.04. The van der Waals surface area contributed by atoms with Crippen LogP contribution in [0, 0.1) is 6.92 Å². The van der Waals surface area contributed by atoms with E-state index in [9.17, 15) is 0 Å². The molecular weight excluding hydrogens is 807 g/mol. The van der Waals surface area contributed by atoms with E-state index in [1.165, 1.54) is 32.3 Å². The molecule has 0 fully saturated rings. The summed E-state index contributed by atoms with van der Waals surface area (Å²) in [6.45, 7) is 2.16. The van der Waals surface area contributed by atoms with Crippen LogP contribution in [0.4, 0.5) is 0 Å². The number of para-hydroxylation sites is 3. The smallest absolute Gasteiger partial charge is 0.160 e. The van der Waals surface area contributed by atoms with E-state index in [1.54, 1.807) is 0 Å². The lowest BCUT2D eigenvalue weighted by atomic mass is 9.94. The highest BCUT2D eigenvalue weighted by Gasteiger charge is 2.27. The number of benzene rings is 10. The Morgan fingerprint density at radius 2 is 1.03 bits per heavy atom. The van der Waals surface area contributed by atoms with Gasteiger partial charge in [0.15, 0.2) is 5.82 Å². The number of hydrogen-bond donors (Lipinski definition) is 0. The summed E-state index contributed by atoms with van der Waals surface area (Å²) in [5.41, 5.74) is 14.1. The van der Waals surface area contributed by atoms with Crippen molar-refractivity contribution in [1.29, 1.82) is 0 Å². The van der Waals surface area contributed by atoms with Crippen LogP contribution in [0.1, 0.15) is 5.56 Å². The summed E-state index contributed by atoms with van der Waals surface area (Å²) in [5, 5.41) is 11.3. The zero-order valence-electron chi connectivity index (χ0n) is 35.8. The standard InChI is InChI=1S/C61H37N3O2/c1-36-58(47-23-13-22-45-44-20-9-11-24-52(44)66-60(45)47)62-61(40-28-26-38(27-29-40)37-14-3-2-4-15-37)63-59(36)57-50(32-33-54-56(57)46-21-10-12-25-53(46)65-54)64-49-31-30-39-16-7-8-19-43(39)55(49)48-34-41-17-5-6-18-42(41)35-51(48)64/h2-35H,1H3. The van der Waals surface area contributed by atoms with Crippen molar-refractivity contribution < 1.29 is 8.83 Å². The van der Waals surface area contributed by atoms with Crippen LogP contribution in [0.2, 0.25) is 0 Å². The zero-order valence-corrected chi connectivity index (χ0v) is 35.8. The van der Waals surface area contributed by atoms with Gasteiger partial charge in [-0.2, -0.15) is 0 Å². The minimum Gasteiger partial charge on any atom is -0.456 e. The highest BCUT2D eigenvalue weighted by atomic mass is 16.3. The highest BCUT2D eigenvalue weighted by Crippen LogP contribution is 2.47. The number of nitrogens with zero attached hydrogens (tertiary/aromatic N) is 3. The molecule has 0 N–H and O–H groups in total. The Morgan fingerprint density at radius 1 is 0.394 bits per heavy atom. The molecule has 0 saturated carbocycles. The van der Waals surface area contributed by atoms with Crippen molar-refractivity contribution in [2.24, 2.45) is 0 Å². The van der Waals surface area contributed by atoms with E-state index in [2.05, 4.69) is 193 Å². The fourth-order valence-corrected chi connectivity index (χ4v) is 10.5. The van der Waals surface area contributed by atoms with E-state index in [1.807, 2.05) is 24.3 Å². The summed E-state index contributed by atoms with van der Waals surface area (Å²) >= 11 is 0. The fourth-order valence-electron chi connectivity index (χ4n) is 10.5. The summed E-state index contributed by atoms with van der Waals surface area (Å²) in [5.74, 6) is 0.619. The molecule has 5 nitrogen and oxygen atoms in total. The Bertz CT molecular complexity index is 4290. The van der Waals surface area contributed by atoms with Gasteiger partial charge in [-0.25, -0.2) is 9.97 Å². The maximum atomic E-state index is 6.73. The lowest BCUT2D eigenvalue weighted by Gasteiger charge is -2.19. The average Bonchev–Trinajstić information content (AvgIpc) is 4.05. The Hall–Kier alpha value is -8.80. The molecule has 4 heterocycles. The third kappa shape index (κ3) is 5.41. The van der Waals surface area contributed by atoms with Gasteiger partial charge in [-0.15, -0.1) is 0 Å². The molecule has 0 radical (unpaired) electrons. The zero-order chi connectivity index (χ0) is 43.5. The molecule has 66 heavy (non-hydrogen) atoms. The third-order valence-corrected chi connectivity index (χ3v) is 13.6. The molecule has 0 aliphatic carbocycles. The van der Waals surface area contributed by atoms with Gasteiger partial charge in [-0.3, -0.25) is 0 Å². The van der Waals surface area contributed by atoms with Crippen molar-refractivity contribution in [3.63, 3.8) is 0 Å². The van der Waals surface area contributed by atoms with Gasteiger partial charge in [0.25, 0.3) is 0 Å². The van der Waals surface area contributed by atoms with Gasteiger partial charge >= 0.3 is 0 Å². The normalized spacial score (nSPS) is 12.0. The Labute approximate surface area is 378 Å². The van der Waals surface area contributed by atoms with Crippen LogP contribution in [-0.4, -0.2) is 14.5 Å². The van der Waals surface area contributed by atoms with Crippen LogP contribution in [0.15, 0.2) is 215 Å². The average molecular weight is 844 g/mol. The molecule has 0 amide bonds. The van der Waals surface area contributed by atoms with Crippen molar-refractivity contribution in [2.75, 3.05) is 0 Å². The first kappa shape index (κ1) is 36.7. The summed E-state index contributed by atoms with van der Waals surface area (Å²) in [6.07, 6.45) is 0. The van der Waals surface area contributed by atoms with Crippen LogP contribution in [0.3, 0.4) is 0 Å². The SMILES string of the molecule is Cc1c(-c2cccc3c2oc2ccccc23)nc(-c2ccc(-c3ccccc3)cc2)nc1-c1c(-n2c3cc4ccccc4cc3c3c4ccccc4ccc32)ccc2oc3ccccc3c12. The molecule has 10 aromatic carbocycles. The molecular formula is C61H37N3O2. The van der Waals surface area contributed by atoms with Crippen LogP contribution in [-0.2, 0) is 0 Å². The highest BCUT2D eigenvalue weighted by molar-refractivity contribution is 6.24. The van der Waals surface area contributed by atoms with Gasteiger partial charge in [0.05, 0.1) is 28.1 Å². The lowest BCUT2D eigenvalue weighted by molar-refractivity contribution is 0.668. The first-order chi connectivity index (χ1) is 32.6. The topological polar surface area (TPSA) is 57.0 Å². The predicted octanol–water partition coefficient (Wildman–Crippen LogP) is 16.7. The minimum absolute atomic E-state index is 0.619. The molecule has 14 rings (SSSR count). The van der Waals surface area contributed by atoms with Crippen molar-refractivity contribution >= 4 is 87.2 Å². The molecule has 0 aliphatic heterocycles. The first-order valence-electron chi connectivity index (χ1n) is 22.4. The second-order valence-corrected chi connectivity index (χ2v) is 17.3. The van der Waals surface area contributed by atoms with E-state index in [4.69, 9.17) is 18.8 Å². The summed E-state index contributed by atoms with van der Waals surface area (Å²) in [7, 11) is 0. The van der Waals surface area contributed by atoms with Crippen LogP contribution in [0.5, 0.6) is 0 Å². The molecule has 0 bridgehead atoms. The number of furan rings is 2. The number of fused-ring (bicyclic) bond motifs is 12. The van der Waals surface area contributed by atoms with Gasteiger partial charge in [0.2, 0.25) is 0 Å². The van der Waals surface area contributed by atoms with Crippen molar-refractivity contribution in [1.82, 2.24) is 14.5 Å².